The Morgan fingerprint density at radius 2 is 0.625 bits per heavy atom. The number of alkyl halides is 3. The van der Waals surface area contributed by atoms with E-state index in [-0.39, 0.29) is 238 Å². The minimum atomic E-state index is -5.19. The van der Waals surface area contributed by atoms with E-state index in [1.165, 1.54) is 13.8 Å². The molecule has 2 aliphatic heterocycles. The van der Waals surface area contributed by atoms with Crippen LogP contribution in [0.3, 0.4) is 0 Å². The second-order valence-corrected chi connectivity index (χ2v) is 39.4. The van der Waals surface area contributed by atoms with Crippen LogP contribution in [0.5, 0.6) is 0 Å². The summed E-state index contributed by atoms with van der Waals surface area (Å²) in [6.07, 6.45) is 14.2. The molecule has 0 aromatic carbocycles. The van der Waals surface area contributed by atoms with Gasteiger partial charge in [-0.15, -0.1) is 13.1 Å². The monoisotopic (exact) mass is 2480 g/mol. The number of halogens is 6. The van der Waals surface area contributed by atoms with Crippen molar-refractivity contribution in [1.82, 2.24) is 62.3 Å². The van der Waals surface area contributed by atoms with Crippen LogP contribution in [-0.4, -0.2) is 280 Å². The third-order valence-corrected chi connectivity index (χ3v) is 18.8. The summed E-state index contributed by atoms with van der Waals surface area (Å²) in [4.78, 5) is 176. The van der Waals surface area contributed by atoms with Gasteiger partial charge in [-0.25, -0.2) is 30.4 Å². The molecule has 0 spiro atoms. The summed E-state index contributed by atoms with van der Waals surface area (Å²) < 4.78 is 31.5. The second kappa shape index (κ2) is 96.0. The van der Waals surface area contributed by atoms with E-state index in [1.54, 1.807) is 0 Å². The number of Topliss-reactive ketones (excluding diaryl/α,β-unsaturated/α-hetero) is 3. The first kappa shape index (κ1) is 137. The molecule has 11 amide bonds. The van der Waals surface area contributed by atoms with Gasteiger partial charge in [0.05, 0.1) is 0 Å². The number of amides is 11. The molecule has 128 heavy (non-hydrogen) atoms. The molecule has 2 aliphatic rings. The molecule has 0 bridgehead atoms. The Hall–Kier alpha value is -4.18. The molecule has 2 rings (SSSR count). The third kappa shape index (κ3) is 93.6. The molecule has 16 N–H and O–H groups in total. The standard InChI is InChI=1S/C37H66N6O10.C36H64N7O10.C2HF3O2.2C2H6N2.3BrH.2Fe.2Pt/c1-30(44)41(51)27-9-3-2-6-12-32(45)16-19-36(49)42(52)28-10-5-8-24-40-35(48)18-20-37(50)43(53)29-11-4-7-23-39-34(47)17-15-33(46)14-13-31-21-25-38-26-22-31;1-29(44)41(51)25-9-3-2-6-12-31(45)13-17-35(49)42(52)26-10-5-8-22-39-33(47)16-18-36(50)43(53)27-11-4-7-21-38-32(46)14-15-34(48)40-28-30-19-23-37-24-20-30;3-2(4,5)1(6)7;2*3-1-2-4;;;;;;;/h31,38,51-53H,2-29H2,1H3,(H,39,47)(H,40,48);30,51-53H,2-28H2,1H3,(H,38,46)(H,39,47)(H,40,48);(H,6,7);2*3-4H,1-2H2;3*1H;;;;/q;-1;;2*-2;;;;;;+1;+4/p-4. The summed E-state index contributed by atoms with van der Waals surface area (Å²) >= 11 is 11.4. The summed E-state index contributed by atoms with van der Waals surface area (Å²) in [7, 11) is 0. The van der Waals surface area contributed by atoms with E-state index in [2.05, 4.69) is 77.1 Å². The van der Waals surface area contributed by atoms with Gasteiger partial charge in [0.1, 0.15) is 23.3 Å². The van der Waals surface area contributed by atoms with Crippen molar-refractivity contribution in [1.29, 1.82) is 0 Å². The van der Waals surface area contributed by atoms with E-state index in [1.807, 2.05) is 17.8 Å². The summed E-state index contributed by atoms with van der Waals surface area (Å²) in [6.45, 7) is 10.4. The predicted octanol–water partition coefficient (Wildman–Crippen LogP) is 10.4. The minimum Gasteiger partial charge on any atom is -0.679 e. The number of hydroxylamine groups is 12. The van der Waals surface area contributed by atoms with Crippen molar-refractivity contribution in [2.75, 3.05) is 124 Å². The van der Waals surface area contributed by atoms with Gasteiger partial charge in [-0.1, -0.05) is 38.5 Å². The zero-order valence-corrected chi connectivity index (χ0v) is 85.3. The van der Waals surface area contributed by atoms with Crippen LogP contribution >= 0.6 is 39.9 Å². The fourth-order valence-electron chi connectivity index (χ4n) is 11.4. The Labute approximate surface area is 813 Å². The van der Waals surface area contributed by atoms with Gasteiger partial charge < -0.3 is 70.1 Å². The third-order valence-electron chi connectivity index (χ3n) is 18.8. The van der Waals surface area contributed by atoms with E-state index in [0.29, 0.717) is 197 Å². The van der Waals surface area contributed by atoms with Gasteiger partial charge >= 0.3 is 78.3 Å². The van der Waals surface area contributed by atoms with Gasteiger partial charge in [0.25, 0.3) is 0 Å². The molecule has 0 atom stereocenters. The van der Waals surface area contributed by atoms with E-state index in [0.717, 1.165) is 84.0 Å². The number of carbonyl (C=O) groups excluding carboxylic acids is 15. The van der Waals surface area contributed by atoms with Gasteiger partial charge in [-0.05, 0) is 147 Å². The first-order chi connectivity index (χ1) is 60.0. The SMILES string of the molecule is CC(=O)N(O)CCCCCCC(=O)CCC(=O)N(O)CCCCCNC(=O)CCC(=O)N(O)CCCCCNC(=O)CCC(=O)CCC1CCNCC1.CC(=O)N(O)CCCCCCC(=O)CCC(=O)N(O)CCCCCNC(=O)CCC(=O)N(O)CCCCCNC(=O)CCC(=O)NCC1CC[N-]CC1.O=C([O-])C(F)(F)F.[Br][Pt+2][Br].[Br][Pt].[Fe].[Fe].[NH-]CC[NH-].[NH-]CC[NH-]. The number of nitrogens with one attached hydrogen (secondary N) is 10. The van der Waals surface area contributed by atoms with Crippen LogP contribution in [0.1, 0.15) is 271 Å². The van der Waals surface area contributed by atoms with Crippen LogP contribution in [0.25, 0.3) is 28.3 Å². The molecular formula is C79H142Br3F3Fe2N17O22Pt2-4. The van der Waals surface area contributed by atoms with Gasteiger partial charge in [0, 0.05) is 216 Å². The van der Waals surface area contributed by atoms with Crippen LogP contribution < -0.4 is 37.0 Å². The number of hydrogen-bond donors (Lipinski definition) is 12. The fourth-order valence-corrected chi connectivity index (χ4v) is 11.4. The number of piperidine rings is 2. The van der Waals surface area contributed by atoms with Crippen LogP contribution in [0.15, 0.2) is 0 Å². The molecule has 0 aliphatic carbocycles. The van der Waals surface area contributed by atoms with Crippen LogP contribution in [0, 0.1) is 11.8 Å². The number of carbonyl (C=O) groups is 15. The topological polar surface area (TPSA) is 601 Å². The molecular weight excluding hydrogens is 2340 g/mol. The molecule has 0 saturated carbocycles. The largest absolute Gasteiger partial charge is 0.679 e. The number of ketones is 3. The molecule has 0 aromatic heterocycles. The molecule has 0 radical (unpaired) electrons. The first-order valence-electron chi connectivity index (χ1n) is 42.9. The second-order valence-electron chi connectivity index (χ2n) is 29.4. The first-order valence-corrected chi connectivity index (χ1v) is 57.8. The molecule has 0 unspecified atom stereocenters. The minimum absolute atomic E-state index is 0. The van der Waals surface area contributed by atoms with E-state index in [4.69, 9.17) is 32.8 Å². The Balaban J connectivity index is -0.000000372. The number of carboxylic acids is 1. The van der Waals surface area contributed by atoms with E-state index >= 15 is 0 Å². The van der Waals surface area contributed by atoms with Gasteiger partial charge in [0.15, 0.2) is 0 Å². The van der Waals surface area contributed by atoms with Crippen molar-refractivity contribution in [3.05, 3.63) is 28.3 Å². The Bertz CT molecular complexity index is 2780. The van der Waals surface area contributed by atoms with Crippen molar-refractivity contribution < 1.29 is 188 Å². The summed E-state index contributed by atoms with van der Waals surface area (Å²) in [6, 6.07) is 0. The van der Waals surface area contributed by atoms with Crippen molar-refractivity contribution >= 4 is 128 Å². The number of rotatable bonds is 63. The molecule has 2 heterocycles. The molecule has 49 heteroatoms. The summed E-state index contributed by atoms with van der Waals surface area (Å²) in [5, 5.41) is 92.6. The molecule has 39 nitrogen and oxygen atoms in total. The molecule has 2 saturated heterocycles. The maximum atomic E-state index is 12.2. The maximum absolute atomic E-state index is 12.2. The Morgan fingerprint density at radius 3 is 0.914 bits per heavy atom. The maximum Gasteiger partial charge on any atom is 0 e. The quantitative estimate of drug-likeness (QED) is 0.0116. The van der Waals surface area contributed by atoms with Crippen LogP contribution in [0.2, 0.25) is 0 Å². The number of aliphatic carboxylic acids is 1. The normalized spacial score (nSPS) is 12.0. The van der Waals surface area contributed by atoms with Crippen molar-refractivity contribution in [3.8, 4) is 0 Å². The van der Waals surface area contributed by atoms with E-state index < -0.39 is 47.6 Å². The van der Waals surface area contributed by atoms with Gasteiger partial charge in [-0.2, -0.15) is 39.4 Å². The van der Waals surface area contributed by atoms with Crippen LogP contribution in [-0.2, 0) is 138 Å². The average molecular weight is 2480 g/mol. The Morgan fingerprint density at radius 1 is 0.383 bits per heavy atom. The summed E-state index contributed by atoms with van der Waals surface area (Å²) in [5.74, 6) is -6.04. The average Bonchev–Trinajstić information content (AvgIpc) is 0.997. The zero-order chi connectivity index (χ0) is 96.2. The smallest absolute Gasteiger partial charge is 0 e. The number of carboxylic acid groups (broad SMARTS) is 1. The zero-order valence-electron chi connectivity index (χ0n) is 73.8. The summed E-state index contributed by atoms with van der Waals surface area (Å²) in [5.41, 5.74) is 25.1. The van der Waals surface area contributed by atoms with Crippen LogP contribution in [0.4, 0.5) is 13.2 Å². The number of hydrogen-bond acceptors (Lipinski definition) is 23. The number of nitrogens with zero attached hydrogens (tertiary/aromatic N) is 7. The van der Waals surface area contributed by atoms with E-state index in [9.17, 15) is 112 Å². The predicted molar refractivity (Wildman–Crippen MR) is 465 cm³/mol. The van der Waals surface area contributed by atoms with Crippen molar-refractivity contribution in [2.45, 2.75) is 277 Å². The molecule has 2 fully saturated rings. The fraction of sp³-hybridized carbons (Fsp3) is 0.810. The van der Waals surface area contributed by atoms with Crippen molar-refractivity contribution in [3.63, 3.8) is 0 Å². The van der Waals surface area contributed by atoms with Gasteiger partial charge in [0.2, 0.25) is 65.0 Å². The molecule has 757 valence electrons. The Kier molecular flexibility index (Phi) is 103. The van der Waals surface area contributed by atoms with Crippen molar-refractivity contribution in [2.24, 2.45) is 11.8 Å². The molecule has 0 aromatic rings. The van der Waals surface area contributed by atoms with Gasteiger partial charge in [-0.3, -0.25) is 98.4 Å². The number of unbranched alkanes of at least 4 members (excludes halogenated alkanes) is 14.